The second-order valence-electron chi connectivity index (χ2n) is 4.06. The second kappa shape index (κ2) is 6.70. The van der Waals surface area contributed by atoms with Crippen LogP contribution in [-0.4, -0.2) is 12.3 Å². The fourth-order valence-electron chi connectivity index (χ4n) is 1.61. The largest absolute Gasteiger partial charge is 0.384 e. The zero-order valence-corrected chi connectivity index (χ0v) is 10.4. The zero-order valence-electron chi connectivity index (χ0n) is 10.4. The Morgan fingerprint density at radius 1 is 1.41 bits per heavy atom. The molecule has 0 bridgehead atoms. The van der Waals surface area contributed by atoms with Crippen LogP contribution < -0.4 is 5.32 Å². The third-order valence-corrected chi connectivity index (χ3v) is 2.64. The van der Waals surface area contributed by atoms with Gasteiger partial charge in [0, 0.05) is 12.1 Å². The summed E-state index contributed by atoms with van der Waals surface area (Å²) in [5.74, 6) is 0.0195. The lowest BCUT2D eigenvalue weighted by Gasteiger charge is -2.09. The van der Waals surface area contributed by atoms with Crippen LogP contribution in [0, 0.1) is 11.3 Å². The first kappa shape index (κ1) is 13.2. The van der Waals surface area contributed by atoms with Crippen molar-refractivity contribution in [1.82, 2.24) is 0 Å². The number of carbonyl (C=O) groups is 1. The number of nitrogens with zero attached hydrogens (tertiary/aromatic N) is 1. The van der Waals surface area contributed by atoms with Crippen LogP contribution in [0.3, 0.4) is 0 Å². The number of hydrogen-bond acceptors (Lipinski definition) is 3. The van der Waals surface area contributed by atoms with Crippen LogP contribution in [0.1, 0.15) is 49.0 Å². The van der Waals surface area contributed by atoms with Gasteiger partial charge in [0.15, 0.2) is 5.78 Å². The van der Waals surface area contributed by atoms with Gasteiger partial charge in [-0.3, -0.25) is 4.79 Å². The first-order chi connectivity index (χ1) is 8.19. The molecule has 3 heteroatoms. The molecule has 0 heterocycles. The summed E-state index contributed by atoms with van der Waals surface area (Å²) < 4.78 is 0. The van der Waals surface area contributed by atoms with Crippen molar-refractivity contribution in [2.24, 2.45) is 0 Å². The first-order valence-corrected chi connectivity index (χ1v) is 5.98. The highest BCUT2D eigenvalue weighted by Gasteiger charge is 2.05. The molecule has 0 aliphatic heterocycles. The van der Waals surface area contributed by atoms with E-state index < -0.39 is 0 Å². The molecule has 90 valence electrons. The Hall–Kier alpha value is -1.82. The van der Waals surface area contributed by atoms with Gasteiger partial charge in [0.2, 0.25) is 0 Å². The maximum atomic E-state index is 11.3. The van der Waals surface area contributed by atoms with Gasteiger partial charge in [-0.1, -0.05) is 19.8 Å². The van der Waals surface area contributed by atoms with Crippen molar-refractivity contribution in [1.29, 1.82) is 5.26 Å². The van der Waals surface area contributed by atoms with Crippen LogP contribution in [0.25, 0.3) is 0 Å². The molecular weight excluding hydrogens is 212 g/mol. The quantitative estimate of drug-likeness (QED) is 0.602. The number of carbonyl (C=O) groups excluding carboxylic acids is 1. The van der Waals surface area contributed by atoms with E-state index in [1.807, 2.05) is 0 Å². The molecule has 3 nitrogen and oxygen atoms in total. The molecule has 0 aliphatic rings. The second-order valence-corrected chi connectivity index (χ2v) is 4.06. The molecule has 1 aromatic carbocycles. The molecule has 17 heavy (non-hydrogen) atoms. The molecule has 0 fully saturated rings. The third-order valence-electron chi connectivity index (χ3n) is 2.64. The molecule has 0 saturated carbocycles. The molecule has 0 atom stereocenters. The van der Waals surface area contributed by atoms with Gasteiger partial charge in [-0.25, -0.2) is 0 Å². The van der Waals surface area contributed by atoms with Crippen LogP contribution in [0.5, 0.6) is 0 Å². The summed E-state index contributed by atoms with van der Waals surface area (Å²) in [6.45, 7) is 4.52. The number of hydrogen-bond donors (Lipinski definition) is 1. The average Bonchev–Trinajstić information content (AvgIpc) is 2.34. The van der Waals surface area contributed by atoms with Gasteiger partial charge in [-0.05, 0) is 31.5 Å². The average molecular weight is 230 g/mol. The van der Waals surface area contributed by atoms with Gasteiger partial charge in [0.1, 0.15) is 6.07 Å². The summed E-state index contributed by atoms with van der Waals surface area (Å²) in [5, 5.41) is 12.2. The number of nitriles is 1. The predicted molar refractivity (Wildman–Crippen MR) is 69.2 cm³/mol. The monoisotopic (exact) mass is 230 g/mol. The van der Waals surface area contributed by atoms with Crippen LogP contribution in [0.4, 0.5) is 5.69 Å². The molecule has 1 aromatic rings. The molecule has 1 N–H and O–H groups in total. The highest BCUT2D eigenvalue weighted by molar-refractivity contribution is 5.95. The molecule has 0 aliphatic carbocycles. The van der Waals surface area contributed by atoms with Crippen LogP contribution >= 0.6 is 0 Å². The summed E-state index contributed by atoms with van der Waals surface area (Å²) >= 11 is 0. The minimum absolute atomic E-state index is 0.0195. The molecule has 0 spiro atoms. The van der Waals surface area contributed by atoms with E-state index in [4.69, 9.17) is 5.26 Å². The van der Waals surface area contributed by atoms with Crippen molar-refractivity contribution < 1.29 is 4.79 Å². The van der Waals surface area contributed by atoms with Gasteiger partial charge in [-0.2, -0.15) is 5.26 Å². The van der Waals surface area contributed by atoms with E-state index in [9.17, 15) is 4.79 Å². The molecule has 0 unspecified atom stereocenters. The van der Waals surface area contributed by atoms with E-state index in [0.29, 0.717) is 11.1 Å². The van der Waals surface area contributed by atoms with E-state index in [1.54, 1.807) is 18.2 Å². The van der Waals surface area contributed by atoms with E-state index in [0.717, 1.165) is 18.7 Å². The lowest BCUT2D eigenvalue weighted by molar-refractivity contribution is 0.101. The van der Waals surface area contributed by atoms with Crippen LogP contribution in [0.2, 0.25) is 0 Å². The normalized spacial score (nSPS) is 9.71. The summed E-state index contributed by atoms with van der Waals surface area (Å²) in [5.41, 5.74) is 1.99. The maximum Gasteiger partial charge on any atom is 0.159 e. The smallest absolute Gasteiger partial charge is 0.159 e. The van der Waals surface area contributed by atoms with Crippen molar-refractivity contribution in [3.05, 3.63) is 29.3 Å². The van der Waals surface area contributed by atoms with E-state index in [-0.39, 0.29) is 5.78 Å². The summed E-state index contributed by atoms with van der Waals surface area (Å²) in [4.78, 5) is 11.3. The Balaban J connectivity index is 2.77. The Morgan fingerprint density at radius 2 is 2.18 bits per heavy atom. The Bertz CT molecular complexity index is 432. The fraction of sp³-hybridized carbons (Fsp3) is 0.429. The number of rotatable bonds is 6. The van der Waals surface area contributed by atoms with E-state index in [2.05, 4.69) is 18.3 Å². The molecule has 0 radical (unpaired) electrons. The van der Waals surface area contributed by atoms with Gasteiger partial charge in [0.05, 0.1) is 11.3 Å². The molecular formula is C14H18N2O. The number of ketones is 1. The number of Topliss-reactive ketones (excluding diaryl/α,β-unsaturated/α-hetero) is 1. The Morgan fingerprint density at radius 3 is 2.76 bits per heavy atom. The van der Waals surface area contributed by atoms with Gasteiger partial charge < -0.3 is 5.32 Å². The minimum Gasteiger partial charge on any atom is -0.384 e. The SMILES string of the molecule is CCCCCNc1cc(C(C)=O)ccc1C#N. The number of nitrogens with one attached hydrogen (secondary N) is 1. The predicted octanol–water partition coefficient (Wildman–Crippen LogP) is 3.36. The van der Waals surface area contributed by atoms with Gasteiger partial charge in [0.25, 0.3) is 0 Å². The summed E-state index contributed by atoms with van der Waals surface area (Å²) in [7, 11) is 0. The van der Waals surface area contributed by atoms with Crippen molar-refractivity contribution in [3.63, 3.8) is 0 Å². The van der Waals surface area contributed by atoms with Crippen molar-refractivity contribution in [3.8, 4) is 6.07 Å². The first-order valence-electron chi connectivity index (χ1n) is 5.98. The molecule has 0 amide bonds. The molecule has 1 rings (SSSR count). The lowest BCUT2D eigenvalue weighted by atomic mass is 10.1. The van der Waals surface area contributed by atoms with Gasteiger partial charge >= 0.3 is 0 Å². The standard InChI is InChI=1S/C14H18N2O/c1-3-4-5-8-16-14-9-12(11(2)17)6-7-13(14)10-15/h6-7,9,16H,3-5,8H2,1-2H3. The Labute approximate surface area is 102 Å². The van der Waals surface area contributed by atoms with E-state index >= 15 is 0 Å². The van der Waals surface area contributed by atoms with Crippen LogP contribution in [0.15, 0.2) is 18.2 Å². The number of benzene rings is 1. The zero-order chi connectivity index (χ0) is 12.7. The summed E-state index contributed by atoms with van der Waals surface area (Å²) in [6.07, 6.45) is 3.41. The van der Waals surface area contributed by atoms with Crippen molar-refractivity contribution in [2.45, 2.75) is 33.1 Å². The third kappa shape index (κ3) is 3.92. The topological polar surface area (TPSA) is 52.9 Å². The van der Waals surface area contributed by atoms with E-state index in [1.165, 1.54) is 19.8 Å². The highest BCUT2D eigenvalue weighted by atomic mass is 16.1. The van der Waals surface area contributed by atoms with Crippen molar-refractivity contribution in [2.75, 3.05) is 11.9 Å². The number of unbranched alkanes of at least 4 members (excludes halogenated alkanes) is 2. The maximum absolute atomic E-state index is 11.3. The minimum atomic E-state index is 0.0195. The highest BCUT2D eigenvalue weighted by Crippen LogP contribution is 2.17. The molecule has 0 aromatic heterocycles. The summed E-state index contributed by atoms with van der Waals surface area (Å²) in [6, 6.07) is 7.27. The van der Waals surface area contributed by atoms with Crippen LogP contribution in [-0.2, 0) is 0 Å². The number of anilines is 1. The lowest BCUT2D eigenvalue weighted by Crippen LogP contribution is -2.04. The fourth-order valence-corrected chi connectivity index (χ4v) is 1.61. The van der Waals surface area contributed by atoms with Gasteiger partial charge in [-0.15, -0.1) is 0 Å². The Kier molecular flexibility index (Phi) is 5.22. The van der Waals surface area contributed by atoms with Crippen molar-refractivity contribution >= 4 is 11.5 Å². The molecule has 0 saturated heterocycles.